The van der Waals surface area contributed by atoms with Gasteiger partial charge in [0.15, 0.2) is 0 Å². The number of imidazole rings is 1. The van der Waals surface area contributed by atoms with Gasteiger partial charge in [-0.15, -0.1) is 0 Å². The first-order valence-corrected chi connectivity index (χ1v) is 20.7. The Balaban J connectivity index is 1.07. The summed E-state index contributed by atoms with van der Waals surface area (Å²) in [5, 5.41) is 0. The van der Waals surface area contributed by atoms with Crippen LogP contribution < -0.4 is 26.7 Å². The summed E-state index contributed by atoms with van der Waals surface area (Å²) in [5.74, 6) is 1.73. The van der Waals surface area contributed by atoms with Crippen LogP contribution in [0.25, 0.3) is 11.0 Å². The van der Waals surface area contributed by atoms with Crippen molar-refractivity contribution in [2.45, 2.75) is 52.4 Å². The summed E-state index contributed by atoms with van der Waals surface area (Å²) >= 11 is -0.772. The molecule has 0 aliphatic carbocycles. The molecule has 270 valence electrons. The van der Waals surface area contributed by atoms with E-state index < -0.39 is 27.9 Å². The van der Waals surface area contributed by atoms with E-state index in [0.29, 0.717) is 35.1 Å². The Morgan fingerprint density at radius 2 is 1.22 bits per heavy atom. The van der Waals surface area contributed by atoms with Gasteiger partial charge in [-0.25, -0.2) is 0 Å². The maximum atomic E-state index is 8.56. The summed E-state index contributed by atoms with van der Waals surface area (Å²) in [6.07, 6.45) is 0. The SMILES string of the molecule is [2H]C([2H])([2H])n1c(N2c3ccccc3[Te]c3ccc(Oc4cccc(N5CN(c6cc(C(C)(C)C)cc(C(C)(C)C)c6)c6ccccc65)c4)cc32)nc2ccccc21. The monoisotopic (exact) mass is 828 g/mol. The predicted octanol–water partition coefficient (Wildman–Crippen LogP) is 10.6. The molecule has 0 unspecified atom stereocenters. The van der Waals surface area contributed by atoms with Gasteiger partial charge in [0, 0.05) is 0 Å². The van der Waals surface area contributed by atoms with Crippen LogP contribution in [0.2, 0.25) is 0 Å². The maximum absolute atomic E-state index is 8.56. The molecule has 0 bridgehead atoms. The van der Waals surface area contributed by atoms with Crippen molar-refractivity contribution in [2.24, 2.45) is 6.98 Å². The van der Waals surface area contributed by atoms with E-state index in [9.17, 15) is 0 Å². The third-order valence-electron chi connectivity index (χ3n) is 10.3. The van der Waals surface area contributed by atoms with Gasteiger partial charge >= 0.3 is 247 Å². The molecule has 2 aliphatic heterocycles. The average molecular weight is 827 g/mol. The Morgan fingerprint density at radius 3 is 1.94 bits per heavy atom. The van der Waals surface area contributed by atoms with Gasteiger partial charge in [-0.05, 0) is 34.1 Å². The summed E-state index contributed by atoms with van der Waals surface area (Å²) < 4.78 is 36.2. The number of rotatable bonds is 5. The topological polar surface area (TPSA) is 36.8 Å². The second-order valence-electron chi connectivity index (χ2n) is 16.1. The molecule has 0 spiro atoms. The van der Waals surface area contributed by atoms with Crippen LogP contribution in [0.5, 0.6) is 11.5 Å². The van der Waals surface area contributed by atoms with Crippen LogP contribution >= 0.6 is 0 Å². The fraction of sp³-hybridized carbons (Fsp3) is 0.213. The van der Waals surface area contributed by atoms with Crippen LogP contribution in [-0.4, -0.2) is 37.1 Å². The average Bonchev–Trinajstić information content (AvgIpc) is 3.76. The van der Waals surface area contributed by atoms with Gasteiger partial charge in [0.05, 0.1) is 0 Å². The summed E-state index contributed by atoms with van der Waals surface area (Å²) in [6.45, 7) is 11.9. The van der Waals surface area contributed by atoms with Gasteiger partial charge < -0.3 is 0 Å². The molecule has 1 aromatic heterocycles. The summed E-state index contributed by atoms with van der Waals surface area (Å²) in [5.41, 5.74) is 10.2. The first-order chi connectivity index (χ1) is 27.1. The van der Waals surface area contributed by atoms with Gasteiger partial charge in [0.25, 0.3) is 0 Å². The molecule has 6 nitrogen and oxygen atoms in total. The molecule has 6 aromatic carbocycles. The van der Waals surface area contributed by atoms with Crippen LogP contribution in [0.3, 0.4) is 0 Å². The minimum atomic E-state index is -2.45. The number of hydrogen-bond donors (Lipinski definition) is 0. The van der Waals surface area contributed by atoms with E-state index in [1.165, 1.54) is 28.6 Å². The zero-order valence-electron chi connectivity index (χ0n) is 34.5. The third kappa shape index (κ3) is 6.10. The predicted molar refractivity (Wildman–Crippen MR) is 226 cm³/mol. The Hall–Kier alpha value is -5.22. The van der Waals surface area contributed by atoms with E-state index in [0.717, 1.165) is 28.4 Å². The number of nitrogens with zero attached hydrogens (tertiary/aromatic N) is 5. The first-order valence-electron chi connectivity index (χ1n) is 19.9. The van der Waals surface area contributed by atoms with E-state index in [2.05, 4.69) is 124 Å². The van der Waals surface area contributed by atoms with E-state index in [4.69, 9.17) is 13.8 Å². The molecule has 0 N–H and O–H groups in total. The Bertz CT molecular complexity index is 2640. The number of anilines is 7. The number of para-hydroxylation sites is 5. The molecule has 2 aliphatic rings. The molecule has 7 heteroatoms. The van der Waals surface area contributed by atoms with Gasteiger partial charge in [-0.3, -0.25) is 0 Å². The normalized spacial score (nSPS) is 15.0. The van der Waals surface area contributed by atoms with Crippen LogP contribution in [0.1, 0.15) is 56.8 Å². The van der Waals surface area contributed by atoms with E-state index in [1.54, 1.807) is 0 Å². The van der Waals surface area contributed by atoms with E-state index in [-0.39, 0.29) is 10.8 Å². The van der Waals surface area contributed by atoms with Crippen LogP contribution in [0.15, 0.2) is 133 Å². The van der Waals surface area contributed by atoms with Crippen molar-refractivity contribution in [3.8, 4) is 11.5 Å². The quantitative estimate of drug-likeness (QED) is 0.162. The zero-order valence-corrected chi connectivity index (χ0v) is 33.8. The van der Waals surface area contributed by atoms with Gasteiger partial charge in [0.1, 0.15) is 0 Å². The summed E-state index contributed by atoms with van der Waals surface area (Å²) in [4.78, 5) is 11.7. The van der Waals surface area contributed by atoms with Crippen molar-refractivity contribution in [2.75, 3.05) is 21.4 Å². The number of aryl methyl sites for hydroxylation is 1. The molecule has 0 saturated heterocycles. The third-order valence-corrected chi connectivity index (χ3v) is 13.5. The molecular formula is C47H45N5OTe. The molecule has 0 saturated carbocycles. The molecule has 0 atom stereocenters. The van der Waals surface area contributed by atoms with Gasteiger partial charge in [-0.1, -0.05) is 53.7 Å². The van der Waals surface area contributed by atoms with Gasteiger partial charge in [-0.2, -0.15) is 0 Å². The second kappa shape index (κ2) is 13.0. The van der Waals surface area contributed by atoms with Crippen molar-refractivity contribution in [1.29, 1.82) is 0 Å². The van der Waals surface area contributed by atoms with E-state index in [1.807, 2.05) is 65.6 Å². The van der Waals surface area contributed by atoms with Crippen LogP contribution in [0, 0.1) is 0 Å². The van der Waals surface area contributed by atoms with Crippen molar-refractivity contribution >= 4 is 79.3 Å². The summed E-state index contributed by atoms with van der Waals surface area (Å²) in [6, 6.07) is 45.8. The fourth-order valence-electron chi connectivity index (χ4n) is 7.32. The molecule has 54 heavy (non-hydrogen) atoms. The molecule has 0 radical (unpaired) electrons. The fourth-order valence-corrected chi connectivity index (χ4v) is 10.3. The Morgan fingerprint density at radius 1 is 0.593 bits per heavy atom. The number of hydrogen-bond acceptors (Lipinski definition) is 5. The van der Waals surface area contributed by atoms with Gasteiger partial charge in [0.2, 0.25) is 0 Å². The van der Waals surface area contributed by atoms with E-state index >= 15 is 0 Å². The zero-order chi connectivity index (χ0) is 39.9. The van der Waals surface area contributed by atoms with Crippen molar-refractivity contribution in [1.82, 2.24) is 9.55 Å². The first kappa shape index (κ1) is 31.2. The standard InChI is InChI=1S/C47H45N5OTe/c1-46(2,3)31-25-32(47(4,5)6)27-34(26-31)51-30-50(39-19-10-11-20-40(39)51)33-15-14-16-35(28-33)53-36-23-24-44-42(29-36)52(41-21-12-13-22-43(41)54-44)45-48-37-17-8-9-18-38(37)49(45)7/h8-29H,30H2,1-7H3/i7D3. The molecule has 0 amide bonds. The minimum absolute atomic E-state index is 0.00412. The second-order valence-corrected chi connectivity index (χ2v) is 19.2. The van der Waals surface area contributed by atoms with Crippen molar-refractivity contribution < 1.29 is 8.85 Å². The van der Waals surface area contributed by atoms with Crippen LogP contribution in [-0.2, 0) is 17.8 Å². The van der Waals surface area contributed by atoms with Crippen LogP contribution in [0.4, 0.5) is 40.1 Å². The molecule has 3 heterocycles. The Labute approximate surface area is 332 Å². The van der Waals surface area contributed by atoms with Crippen molar-refractivity contribution in [3.63, 3.8) is 0 Å². The number of ether oxygens (including phenoxy) is 1. The van der Waals surface area contributed by atoms with Crippen molar-refractivity contribution in [3.05, 3.63) is 145 Å². The Kier molecular flexibility index (Phi) is 7.49. The number of fused-ring (bicyclic) bond motifs is 4. The number of aromatic nitrogens is 2. The molecule has 9 rings (SSSR count). The molecular weight excluding hydrogens is 778 g/mol. The molecule has 0 fully saturated rings. The summed E-state index contributed by atoms with van der Waals surface area (Å²) in [7, 11) is 0. The molecule has 7 aromatic rings. The number of benzene rings is 6.